The number of aryl methyl sites for hydroxylation is 1. The van der Waals surface area contributed by atoms with Gasteiger partial charge >= 0.3 is 0 Å². The third-order valence-corrected chi connectivity index (χ3v) is 5.37. The summed E-state index contributed by atoms with van der Waals surface area (Å²) in [6, 6.07) is 7.08. The quantitative estimate of drug-likeness (QED) is 0.862. The first kappa shape index (κ1) is 17.5. The number of amides is 1. The Morgan fingerprint density at radius 1 is 1.35 bits per heavy atom. The number of imidazole rings is 1. The third-order valence-electron chi connectivity index (χ3n) is 3.33. The Labute approximate surface area is 140 Å². The number of carbonyl (C=O) groups is 1. The van der Waals surface area contributed by atoms with Crippen LogP contribution in [0.15, 0.2) is 24.3 Å². The van der Waals surface area contributed by atoms with E-state index in [9.17, 15) is 13.2 Å². The fourth-order valence-corrected chi connectivity index (χ4v) is 2.75. The molecule has 0 fully saturated rings. The lowest BCUT2D eigenvalue weighted by molar-refractivity contribution is 0.0976. The highest BCUT2D eigenvalue weighted by Crippen LogP contribution is 2.26. The number of H-pyrrole nitrogens is 1. The molecule has 0 unspecified atom stereocenters. The molecule has 124 valence electrons. The summed E-state index contributed by atoms with van der Waals surface area (Å²) in [5.41, 5.74) is 1.26. The Hall–Kier alpha value is -1.86. The van der Waals surface area contributed by atoms with Crippen LogP contribution in [0.5, 0.6) is 0 Å². The molecule has 2 aromatic rings. The molecule has 0 atom stereocenters. The molecule has 1 amide bonds. The molecule has 0 aliphatic heterocycles. The predicted octanol–water partition coefficient (Wildman–Crippen LogP) is 2.76. The third kappa shape index (κ3) is 3.73. The number of halogens is 1. The summed E-state index contributed by atoms with van der Waals surface area (Å²) >= 11 is 6.13. The molecule has 2 N–H and O–H groups in total. The summed E-state index contributed by atoms with van der Waals surface area (Å²) < 4.78 is 25.8. The Bertz CT molecular complexity index is 828. The molecule has 0 saturated heterocycles. The topological polar surface area (TPSA) is 91.9 Å². The zero-order valence-electron chi connectivity index (χ0n) is 13.1. The van der Waals surface area contributed by atoms with Crippen molar-refractivity contribution in [2.24, 2.45) is 0 Å². The predicted molar refractivity (Wildman–Crippen MR) is 89.9 cm³/mol. The van der Waals surface area contributed by atoms with Crippen LogP contribution in [0.25, 0.3) is 11.4 Å². The number of rotatable bonds is 5. The van der Waals surface area contributed by atoms with Crippen molar-refractivity contribution in [1.82, 2.24) is 14.7 Å². The smallest absolute Gasteiger partial charge is 0.285 e. The fourth-order valence-electron chi connectivity index (χ4n) is 1.93. The SMILES string of the molecule is CCc1[nH]c(-c2ccccc2Cl)nc1C(=O)NS(=O)(=O)C(C)C. The number of nitrogens with zero attached hydrogens (tertiary/aromatic N) is 1. The van der Waals surface area contributed by atoms with E-state index in [2.05, 4.69) is 9.97 Å². The van der Waals surface area contributed by atoms with Gasteiger partial charge in [-0.2, -0.15) is 0 Å². The second-order valence-corrected chi connectivity index (χ2v) is 7.92. The van der Waals surface area contributed by atoms with Gasteiger partial charge in [-0.05, 0) is 32.4 Å². The Morgan fingerprint density at radius 3 is 2.57 bits per heavy atom. The number of benzene rings is 1. The number of hydrogen-bond acceptors (Lipinski definition) is 4. The maximum Gasteiger partial charge on any atom is 0.285 e. The summed E-state index contributed by atoms with van der Waals surface area (Å²) in [6.07, 6.45) is 0.502. The van der Waals surface area contributed by atoms with Gasteiger partial charge < -0.3 is 4.98 Å². The summed E-state index contributed by atoms with van der Waals surface area (Å²) in [5, 5.41) is -0.218. The van der Waals surface area contributed by atoms with Gasteiger partial charge in [0.2, 0.25) is 10.0 Å². The van der Waals surface area contributed by atoms with Crippen molar-refractivity contribution in [2.45, 2.75) is 32.4 Å². The van der Waals surface area contributed by atoms with Crippen LogP contribution < -0.4 is 4.72 Å². The van der Waals surface area contributed by atoms with Gasteiger partial charge in [-0.3, -0.25) is 4.79 Å². The minimum Gasteiger partial charge on any atom is -0.341 e. The maximum absolute atomic E-state index is 12.3. The van der Waals surface area contributed by atoms with Gasteiger partial charge in [-0.15, -0.1) is 0 Å². The lowest BCUT2D eigenvalue weighted by Gasteiger charge is -2.08. The van der Waals surface area contributed by atoms with E-state index in [1.807, 2.05) is 11.6 Å². The standard InChI is InChI=1S/C15H18ClN3O3S/c1-4-12-13(15(20)19-23(21,22)9(2)3)18-14(17-12)10-7-5-6-8-11(10)16/h5-9H,4H2,1-3H3,(H,17,18)(H,19,20). The van der Waals surface area contributed by atoms with E-state index in [0.717, 1.165) is 0 Å². The number of carbonyl (C=O) groups excluding carboxylic acids is 1. The Balaban J connectivity index is 2.41. The molecule has 8 heteroatoms. The van der Waals surface area contributed by atoms with E-state index in [1.165, 1.54) is 13.8 Å². The minimum absolute atomic E-state index is 0.0617. The second-order valence-electron chi connectivity index (χ2n) is 5.27. The molecule has 0 bridgehead atoms. The molecule has 0 spiro atoms. The van der Waals surface area contributed by atoms with Crippen LogP contribution in [0.2, 0.25) is 5.02 Å². The maximum atomic E-state index is 12.3. The molecule has 23 heavy (non-hydrogen) atoms. The second kappa shape index (κ2) is 6.72. The van der Waals surface area contributed by atoms with Crippen LogP contribution in [-0.4, -0.2) is 29.5 Å². The summed E-state index contributed by atoms with van der Waals surface area (Å²) in [4.78, 5) is 19.5. The number of aromatic amines is 1. The number of nitrogens with one attached hydrogen (secondary N) is 2. The molecule has 0 aliphatic carbocycles. The average molecular weight is 356 g/mol. The van der Waals surface area contributed by atoms with Crippen LogP contribution in [0.1, 0.15) is 37.0 Å². The summed E-state index contributed by atoms with van der Waals surface area (Å²) in [6.45, 7) is 4.84. The van der Waals surface area contributed by atoms with E-state index in [4.69, 9.17) is 11.6 Å². The molecular formula is C15H18ClN3O3S. The van der Waals surface area contributed by atoms with Gasteiger partial charge in [0.05, 0.1) is 10.3 Å². The summed E-state index contributed by atoms with van der Waals surface area (Å²) in [5.74, 6) is -0.315. The van der Waals surface area contributed by atoms with Crippen molar-refractivity contribution in [2.75, 3.05) is 0 Å². The van der Waals surface area contributed by atoms with Crippen molar-refractivity contribution in [1.29, 1.82) is 0 Å². The van der Waals surface area contributed by atoms with E-state index >= 15 is 0 Å². The van der Waals surface area contributed by atoms with Crippen LogP contribution in [0, 0.1) is 0 Å². The molecule has 2 rings (SSSR count). The van der Waals surface area contributed by atoms with Gasteiger partial charge in [-0.1, -0.05) is 30.7 Å². The van der Waals surface area contributed by atoms with Crippen LogP contribution in [-0.2, 0) is 16.4 Å². The van der Waals surface area contributed by atoms with Crippen molar-refractivity contribution in [3.8, 4) is 11.4 Å². The normalized spacial score (nSPS) is 11.7. The lowest BCUT2D eigenvalue weighted by Crippen LogP contribution is -2.36. The van der Waals surface area contributed by atoms with E-state index < -0.39 is 21.2 Å². The highest BCUT2D eigenvalue weighted by molar-refractivity contribution is 7.90. The zero-order chi connectivity index (χ0) is 17.2. The van der Waals surface area contributed by atoms with Crippen molar-refractivity contribution in [3.05, 3.63) is 40.7 Å². The van der Waals surface area contributed by atoms with Crippen molar-refractivity contribution in [3.63, 3.8) is 0 Å². The van der Waals surface area contributed by atoms with Crippen LogP contribution >= 0.6 is 11.6 Å². The molecule has 0 saturated carbocycles. The Kier molecular flexibility index (Phi) is 5.11. The monoisotopic (exact) mass is 355 g/mol. The van der Waals surface area contributed by atoms with Crippen LogP contribution in [0.4, 0.5) is 0 Å². The molecular weight excluding hydrogens is 338 g/mol. The van der Waals surface area contributed by atoms with Crippen LogP contribution in [0.3, 0.4) is 0 Å². The zero-order valence-corrected chi connectivity index (χ0v) is 14.6. The first-order valence-electron chi connectivity index (χ1n) is 7.16. The van der Waals surface area contributed by atoms with Gasteiger partial charge in [0.1, 0.15) is 5.82 Å². The first-order chi connectivity index (χ1) is 10.8. The average Bonchev–Trinajstić information content (AvgIpc) is 2.91. The molecule has 0 aliphatic rings. The number of hydrogen-bond donors (Lipinski definition) is 2. The van der Waals surface area contributed by atoms with Gasteiger partial charge in [0.25, 0.3) is 5.91 Å². The van der Waals surface area contributed by atoms with E-state index in [1.54, 1.807) is 24.3 Å². The number of aromatic nitrogens is 2. The molecule has 6 nitrogen and oxygen atoms in total. The van der Waals surface area contributed by atoms with E-state index in [0.29, 0.717) is 28.5 Å². The van der Waals surface area contributed by atoms with Crippen molar-refractivity contribution < 1.29 is 13.2 Å². The fraction of sp³-hybridized carbons (Fsp3) is 0.333. The number of sulfonamides is 1. The molecule has 0 radical (unpaired) electrons. The van der Waals surface area contributed by atoms with Crippen molar-refractivity contribution >= 4 is 27.5 Å². The first-order valence-corrected chi connectivity index (χ1v) is 9.08. The summed E-state index contributed by atoms with van der Waals surface area (Å²) in [7, 11) is -3.71. The molecule has 1 aromatic heterocycles. The lowest BCUT2D eigenvalue weighted by atomic mass is 10.2. The Morgan fingerprint density at radius 2 is 2.00 bits per heavy atom. The largest absolute Gasteiger partial charge is 0.341 e. The van der Waals surface area contributed by atoms with E-state index in [-0.39, 0.29) is 5.69 Å². The van der Waals surface area contributed by atoms with Gasteiger partial charge in [0.15, 0.2) is 5.69 Å². The molecule has 1 aromatic carbocycles. The highest BCUT2D eigenvalue weighted by atomic mass is 35.5. The van der Waals surface area contributed by atoms with Gasteiger partial charge in [-0.25, -0.2) is 18.1 Å². The van der Waals surface area contributed by atoms with Gasteiger partial charge in [0, 0.05) is 11.3 Å². The minimum atomic E-state index is -3.71. The highest BCUT2D eigenvalue weighted by Gasteiger charge is 2.24. The molecule has 1 heterocycles.